The Bertz CT molecular complexity index is 1290. The summed E-state index contributed by atoms with van der Waals surface area (Å²) in [4.78, 5) is 14.3. The van der Waals surface area contributed by atoms with E-state index in [4.69, 9.17) is 4.74 Å². The summed E-state index contributed by atoms with van der Waals surface area (Å²) in [5, 5.41) is 10.4. The molecule has 2 aliphatic heterocycles. The third-order valence-corrected chi connectivity index (χ3v) is 7.35. The lowest BCUT2D eigenvalue weighted by atomic mass is 10.2. The van der Waals surface area contributed by atoms with Crippen molar-refractivity contribution in [1.29, 1.82) is 0 Å². The Morgan fingerprint density at radius 3 is 2.70 bits per heavy atom. The van der Waals surface area contributed by atoms with Gasteiger partial charge in [-0.25, -0.2) is 36.7 Å². The van der Waals surface area contributed by atoms with Crippen molar-refractivity contribution < 1.29 is 21.9 Å². The normalized spacial score (nSPS) is 22.6. The maximum absolute atomic E-state index is 14.7. The van der Waals surface area contributed by atoms with Crippen molar-refractivity contribution in [3.05, 3.63) is 24.3 Å². The Labute approximate surface area is 188 Å². The van der Waals surface area contributed by atoms with Crippen molar-refractivity contribution in [2.24, 2.45) is 0 Å². The lowest BCUT2D eigenvalue weighted by molar-refractivity contribution is 0.342. The van der Waals surface area contributed by atoms with Crippen LogP contribution in [0.3, 0.4) is 0 Å². The van der Waals surface area contributed by atoms with Crippen LogP contribution in [0.25, 0.3) is 17.0 Å². The highest BCUT2D eigenvalue weighted by Crippen LogP contribution is 2.31. The first-order chi connectivity index (χ1) is 15.8. The molecule has 2 unspecified atom stereocenters. The quantitative estimate of drug-likeness (QED) is 0.526. The van der Waals surface area contributed by atoms with Gasteiger partial charge in [0.1, 0.15) is 17.6 Å². The van der Waals surface area contributed by atoms with Crippen LogP contribution in [-0.2, 0) is 9.84 Å². The Hall–Kier alpha value is -3.13. The molecule has 2 aliphatic rings. The van der Waals surface area contributed by atoms with Gasteiger partial charge in [0.05, 0.1) is 37.1 Å². The molecule has 2 atom stereocenters. The van der Waals surface area contributed by atoms with Gasteiger partial charge in [-0.3, -0.25) is 0 Å². The van der Waals surface area contributed by atoms with Gasteiger partial charge in [-0.15, -0.1) is 5.10 Å². The molecule has 2 fully saturated rings. The summed E-state index contributed by atoms with van der Waals surface area (Å²) >= 11 is 0. The zero-order valence-electron chi connectivity index (χ0n) is 17.7. The summed E-state index contributed by atoms with van der Waals surface area (Å²) in [5.74, 6) is 0.262. The molecule has 0 amide bonds. The van der Waals surface area contributed by atoms with E-state index in [1.165, 1.54) is 17.8 Å². The van der Waals surface area contributed by atoms with Gasteiger partial charge in [-0.1, -0.05) is 0 Å². The van der Waals surface area contributed by atoms with E-state index < -0.39 is 27.9 Å². The van der Waals surface area contributed by atoms with E-state index in [9.17, 15) is 17.2 Å². The molecule has 3 aromatic rings. The fourth-order valence-electron chi connectivity index (χ4n) is 3.91. The van der Waals surface area contributed by atoms with Crippen LogP contribution in [-0.4, -0.2) is 90.0 Å². The predicted molar refractivity (Wildman–Crippen MR) is 117 cm³/mol. The molecule has 14 heteroatoms. The number of nitrogens with zero attached hydrogens (tertiary/aromatic N) is 6. The number of aromatic nitrogens is 5. The number of sulfone groups is 1. The molecule has 11 nitrogen and oxygen atoms in total. The maximum atomic E-state index is 14.7. The number of imidazole rings is 1. The lowest BCUT2D eigenvalue weighted by Gasteiger charge is -2.28. The van der Waals surface area contributed by atoms with E-state index in [-0.39, 0.29) is 48.5 Å². The Kier molecular flexibility index (Phi) is 5.48. The summed E-state index contributed by atoms with van der Waals surface area (Å²) in [6.45, 7) is 1.16. The second-order valence-corrected chi connectivity index (χ2v) is 10.2. The van der Waals surface area contributed by atoms with Gasteiger partial charge in [0, 0.05) is 32.2 Å². The van der Waals surface area contributed by atoms with Crippen molar-refractivity contribution in [2.75, 3.05) is 55.0 Å². The molecule has 2 saturated heterocycles. The van der Waals surface area contributed by atoms with Crippen LogP contribution in [0.1, 0.15) is 0 Å². The summed E-state index contributed by atoms with van der Waals surface area (Å²) in [5.41, 5.74) is 0.612. The standard InChI is InChI=1S/C19H22F2N8O3S/c1-32-15-6-16-23-10-14(29(16)27-18(15)28-2-4-33(30,31)5-3-28)17-12(21)8-24-19(26-17)25-13-9-22-7-11(13)20/h6,8,10-11,13,22H,2-5,7,9H2,1H3,(H,24,25,26). The van der Waals surface area contributed by atoms with Crippen LogP contribution >= 0.6 is 0 Å². The molecule has 0 bridgehead atoms. The number of methoxy groups -OCH3 is 1. The fourth-order valence-corrected chi connectivity index (χ4v) is 5.12. The third-order valence-electron chi connectivity index (χ3n) is 5.74. The van der Waals surface area contributed by atoms with Crippen molar-refractivity contribution in [3.63, 3.8) is 0 Å². The van der Waals surface area contributed by atoms with Crippen LogP contribution in [0.4, 0.5) is 20.5 Å². The van der Waals surface area contributed by atoms with Gasteiger partial charge in [0.25, 0.3) is 0 Å². The minimum Gasteiger partial charge on any atom is -0.493 e. The van der Waals surface area contributed by atoms with Gasteiger partial charge in [-0.2, -0.15) is 0 Å². The zero-order chi connectivity index (χ0) is 23.2. The van der Waals surface area contributed by atoms with Crippen LogP contribution in [0, 0.1) is 5.82 Å². The summed E-state index contributed by atoms with van der Waals surface area (Å²) < 4.78 is 59.2. The van der Waals surface area contributed by atoms with Crippen molar-refractivity contribution in [2.45, 2.75) is 12.2 Å². The van der Waals surface area contributed by atoms with Crippen molar-refractivity contribution >= 4 is 27.3 Å². The molecule has 0 spiro atoms. The molecule has 5 rings (SSSR count). The highest BCUT2D eigenvalue weighted by molar-refractivity contribution is 7.91. The number of halogens is 2. The van der Waals surface area contributed by atoms with E-state index in [1.54, 1.807) is 11.0 Å². The average molecular weight is 481 g/mol. The van der Waals surface area contributed by atoms with Gasteiger partial charge < -0.3 is 20.3 Å². The summed E-state index contributed by atoms with van der Waals surface area (Å²) in [6, 6.07) is 1.13. The molecular weight excluding hydrogens is 458 g/mol. The molecule has 3 aromatic heterocycles. The molecule has 33 heavy (non-hydrogen) atoms. The summed E-state index contributed by atoms with van der Waals surface area (Å²) in [7, 11) is -1.60. The number of alkyl halides is 1. The van der Waals surface area contributed by atoms with E-state index in [2.05, 4.69) is 30.7 Å². The first-order valence-electron chi connectivity index (χ1n) is 10.4. The van der Waals surface area contributed by atoms with Gasteiger partial charge >= 0.3 is 0 Å². The number of hydrogen-bond acceptors (Lipinski definition) is 10. The topological polar surface area (TPSA) is 127 Å². The molecule has 0 radical (unpaired) electrons. The van der Waals surface area contributed by atoms with Crippen LogP contribution in [0.15, 0.2) is 18.5 Å². The highest BCUT2D eigenvalue weighted by atomic mass is 32.2. The minimum absolute atomic E-state index is 0.00775. The van der Waals surface area contributed by atoms with E-state index in [0.29, 0.717) is 23.8 Å². The summed E-state index contributed by atoms with van der Waals surface area (Å²) in [6.07, 6.45) is 1.33. The minimum atomic E-state index is -3.08. The number of anilines is 2. The van der Waals surface area contributed by atoms with Gasteiger partial charge in [0.15, 0.2) is 32.9 Å². The Morgan fingerprint density at radius 1 is 1.21 bits per heavy atom. The lowest BCUT2D eigenvalue weighted by Crippen LogP contribution is -2.41. The fraction of sp³-hybridized carbons (Fsp3) is 0.474. The Balaban J connectivity index is 1.53. The molecule has 5 heterocycles. The first kappa shape index (κ1) is 21.7. The van der Waals surface area contributed by atoms with Crippen LogP contribution in [0.2, 0.25) is 0 Å². The average Bonchev–Trinajstić information content (AvgIpc) is 3.39. The largest absolute Gasteiger partial charge is 0.493 e. The Morgan fingerprint density at radius 2 is 2.00 bits per heavy atom. The maximum Gasteiger partial charge on any atom is 0.223 e. The van der Waals surface area contributed by atoms with E-state index in [1.807, 2.05) is 0 Å². The van der Waals surface area contributed by atoms with Crippen molar-refractivity contribution in [3.8, 4) is 17.1 Å². The highest BCUT2D eigenvalue weighted by Gasteiger charge is 2.28. The number of hydrogen-bond donors (Lipinski definition) is 2. The van der Waals surface area contributed by atoms with E-state index >= 15 is 0 Å². The monoisotopic (exact) mass is 480 g/mol. The van der Waals surface area contributed by atoms with Gasteiger partial charge in [-0.05, 0) is 0 Å². The molecule has 176 valence electrons. The second kappa shape index (κ2) is 8.33. The van der Waals surface area contributed by atoms with Crippen molar-refractivity contribution in [1.82, 2.24) is 29.9 Å². The van der Waals surface area contributed by atoms with Crippen LogP contribution in [0.5, 0.6) is 5.75 Å². The van der Waals surface area contributed by atoms with E-state index in [0.717, 1.165) is 6.20 Å². The number of nitrogens with one attached hydrogen (secondary N) is 2. The third kappa shape index (κ3) is 4.15. The molecular formula is C19H22F2N8O3S. The molecule has 0 aliphatic carbocycles. The number of fused-ring (bicyclic) bond motifs is 1. The number of ether oxygens (including phenoxy) is 1. The molecule has 0 aromatic carbocycles. The van der Waals surface area contributed by atoms with Crippen LogP contribution < -0.4 is 20.3 Å². The number of rotatable bonds is 5. The SMILES string of the molecule is COc1cc2ncc(-c3nc(NC4CNCC4F)ncc3F)n2nc1N1CCS(=O)(=O)CC1. The zero-order valence-corrected chi connectivity index (χ0v) is 18.5. The molecule has 2 N–H and O–H groups in total. The predicted octanol–water partition coefficient (Wildman–Crippen LogP) is 0.291. The smallest absolute Gasteiger partial charge is 0.223 e. The second-order valence-electron chi connectivity index (χ2n) is 7.90. The van der Waals surface area contributed by atoms with Gasteiger partial charge in [0.2, 0.25) is 5.95 Å². The first-order valence-corrected chi connectivity index (χ1v) is 12.2. The molecule has 0 saturated carbocycles.